The number of hydrogen-bond donors (Lipinski definition) is 1. The lowest BCUT2D eigenvalue weighted by atomic mass is 9.36. The van der Waals surface area contributed by atoms with Crippen LogP contribution < -0.4 is 5.73 Å². The van der Waals surface area contributed by atoms with Crippen LogP contribution in [0.4, 0.5) is 0 Å². The Morgan fingerprint density at radius 1 is 1.00 bits per heavy atom. The van der Waals surface area contributed by atoms with Gasteiger partial charge in [0.25, 0.3) is 0 Å². The lowest BCUT2D eigenvalue weighted by molar-refractivity contribution is -0.170. The van der Waals surface area contributed by atoms with Crippen LogP contribution in [0.25, 0.3) is 0 Å². The summed E-state index contributed by atoms with van der Waals surface area (Å²) in [4.78, 5) is 0. The van der Waals surface area contributed by atoms with Crippen molar-refractivity contribution in [1.29, 1.82) is 0 Å². The zero-order chi connectivity index (χ0) is 7.53. The van der Waals surface area contributed by atoms with Crippen molar-refractivity contribution < 1.29 is 0 Å². The van der Waals surface area contributed by atoms with E-state index in [1.54, 1.807) is 0 Å². The van der Waals surface area contributed by atoms with E-state index in [-0.39, 0.29) is 0 Å². The van der Waals surface area contributed by atoms with Crippen molar-refractivity contribution in [2.45, 2.75) is 50.5 Å². The van der Waals surface area contributed by atoms with E-state index in [0.29, 0.717) is 5.54 Å². The molecular formula is C10H17N. The van der Waals surface area contributed by atoms with Crippen molar-refractivity contribution in [2.75, 3.05) is 0 Å². The van der Waals surface area contributed by atoms with E-state index in [1.807, 2.05) is 0 Å². The first-order valence-electron chi connectivity index (χ1n) is 5.02. The first kappa shape index (κ1) is 6.47. The average Bonchev–Trinajstić information content (AvgIpc) is 2.28. The third-order valence-electron chi connectivity index (χ3n) is 4.33. The molecule has 0 heterocycles. The molecule has 0 unspecified atom stereocenters. The highest BCUT2D eigenvalue weighted by Gasteiger charge is 2.68. The van der Waals surface area contributed by atoms with Crippen molar-refractivity contribution in [2.24, 2.45) is 17.1 Å². The minimum Gasteiger partial charge on any atom is -0.325 e. The molecule has 1 nitrogen and oxygen atoms in total. The molecule has 4 fully saturated rings. The van der Waals surface area contributed by atoms with Gasteiger partial charge >= 0.3 is 0 Å². The maximum Gasteiger partial charge on any atom is 0.0170 e. The highest BCUT2D eigenvalue weighted by atomic mass is 14.9. The molecule has 2 N–H and O–H groups in total. The first-order valence-corrected chi connectivity index (χ1v) is 5.02. The van der Waals surface area contributed by atoms with Crippen molar-refractivity contribution in [3.63, 3.8) is 0 Å². The lowest BCUT2D eigenvalue weighted by Gasteiger charge is -2.72. The van der Waals surface area contributed by atoms with Crippen LogP contribution in [-0.4, -0.2) is 5.54 Å². The molecule has 4 aliphatic rings. The molecule has 0 atom stereocenters. The Bertz CT molecular complexity index is 171. The van der Waals surface area contributed by atoms with Gasteiger partial charge in [0.15, 0.2) is 0 Å². The van der Waals surface area contributed by atoms with Gasteiger partial charge in [-0.25, -0.2) is 0 Å². The molecule has 0 amide bonds. The Labute approximate surface area is 68.3 Å². The van der Waals surface area contributed by atoms with Crippen molar-refractivity contribution in [1.82, 2.24) is 0 Å². The molecule has 62 valence electrons. The topological polar surface area (TPSA) is 26.0 Å². The van der Waals surface area contributed by atoms with E-state index in [4.69, 9.17) is 5.73 Å². The highest BCUT2D eigenvalue weighted by Crippen LogP contribution is 2.71. The fourth-order valence-electron chi connectivity index (χ4n) is 3.92. The molecule has 4 rings (SSSR count). The van der Waals surface area contributed by atoms with Gasteiger partial charge in [-0.1, -0.05) is 12.8 Å². The third kappa shape index (κ3) is 0.658. The largest absolute Gasteiger partial charge is 0.325 e. The Morgan fingerprint density at radius 2 is 1.55 bits per heavy atom. The summed E-state index contributed by atoms with van der Waals surface area (Å²) in [7, 11) is 0. The molecule has 2 bridgehead atoms. The Morgan fingerprint density at radius 3 is 2.00 bits per heavy atom. The van der Waals surface area contributed by atoms with Crippen molar-refractivity contribution in [3.05, 3.63) is 0 Å². The molecule has 0 aromatic heterocycles. The summed E-state index contributed by atoms with van der Waals surface area (Å²) in [5.41, 5.74) is 7.16. The van der Waals surface area contributed by atoms with E-state index in [0.717, 1.165) is 11.3 Å². The zero-order valence-corrected chi connectivity index (χ0v) is 7.10. The minimum absolute atomic E-state index is 0.336. The normalized spacial score (nSPS) is 55.4. The zero-order valence-electron chi connectivity index (χ0n) is 7.10. The molecule has 11 heavy (non-hydrogen) atoms. The maximum absolute atomic E-state index is 6.04. The molecular weight excluding hydrogens is 134 g/mol. The predicted octanol–water partition coefficient (Wildman–Crippen LogP) is 2.06. The summed E-state index contributed by atoms with van der Waals surface area (Å²) in [6.45, 7) is 0. The number of rotatable bonds is 1. The van der Waals surface area contributed by atoms with Gasteiger partial charge in [0.1, 0.15) is 0 Å². The van der Waals surface area contributed by atoms with Crippen LogP contribution in [-0.2, 0) is 0 Å². The summed E-state index contributed by atoms with van der Waals surface area (Å²) >= 11 is 0. The molecule has 0 radical (unpaired) electrons. The molecule has 1 heteroatoms. The van der Waals surface area contributed by atoms with Crippen LogP contribution in [0.15, 0.2) is 0 Å². The molecule has 4 saturated carbocycles. The van der Waals surface area contributed by atoms with Crippen LogP contribution in [0, 0.1) is 11.3 Å². The smallest absolute Gasteiger partial charge is 0.0170 e. The summed E-state index contributed by atoms with van der Waals surface area (Å²) < 4.78 is 0. The Kier molecular flexibility index (Phi) is 0.976. The van der Waals surface area contributed by atoms with Gasteiger partial charge in [-0.05, 0) is 43.4 Å². The second-order valence-electron chi connectivity index (χ2n) is 5.24. The van der Waals surface area contributed by atoms with Crippen LogP contribution in [0.5, 0.6) is 0 Å². The molecule has 0 spiro atoms. The minimum atomic E-state index is 0.336. The second-order valence-corrected chi connectivity index (χ2v) is 5.24. The van der Waals surface area contributed by atoms with Gasteiger partial charge in [-0.15, -0.1) is 0 Å². The lowest BCUT2D eigenvalue weighted by Crippen LogP contribution is -2.74. The van der Waals surface area contributed by atoms with Crippen molar-refractivity contribution >= 4 is 0 Å². The molecule has 0 saturated heterocycles. The van der Waals surface area contributed by atoms with E-state index < -0.39 is 0 Å². The Hall–Kier alpha value is -0.0400. The molecule has 0 aromatic rings. The first-order chi connectivity index (χ1) is 5.23. The monoisotopic (exact) mass is 151 g/mol. The fourth-order valence-corrected chi connectivity index (χ4v) is 3.92. The van der Waals surface area contributed by atoms with Gasteiger partial charge in [0.05, 0.1) is 0 Å². The van der Waals surface area contributed by atoms with Crippen LogP contribution >= 0.6 is 0 Å². The quantitative estimate of drug-likeness (QED) is 0.610. The third-order valence-corrected chi connectivity index (χ3v) is 4.33. The summed E-state index contributed by atoms with van der Waals surface area (Å²) in [5.74, 6) is 1.08. The molecule has 0 aromatic carbocycles. The predicted molar refractivity (Wildman–Crippen MR) is 45.2 cm³/mol. The van der Waals surface area contributed by atoms with Gasteiger partial charge in [0, 0.05) is 5.54 Å². The second kappa shape index (κ2) is 1.66. The van der Waals surface area contributed by atoms with Gasteiger partial charge in [-0.2, -0.15) is 0 Å². The number of nitrogens with two attached hydrogens (primary N) is 1. The SMILES string of the molecule is NC12CC(C3CCCC3)(C1)C2. The fraction of sp³-hybridized carbons (Fsp3) is 1.00. The van der Waals surface area contributed by atoms with Crippen LogP contribution in [0.1, 0.15) is 44.9 Å². The number of hydrogen-bond acceptors (Lipinski definition) is 1. The van der Waals surface area contributed by atoms with Gasteiger partial charge in [-0.3, -0.25) is 0 Å². The van der Waals surface area contributed by atoms with E-state index in [2.05, 4.69) is 0 Å². The summed E-state index contributed by atoms with van der Waals surface area (Å²) in [6.07, 6.45) is 10.1. The van der Waals surface area contributed by atoms with Crippen molar-refractivity contribution in [3.8, 4) is 0 Å². The maximum atomic E-state index is 6.04. The highest BCUT2D eigenvalue weighted by molar-refractivity contribution is 5.23. The van der Waals surface area contributed by atoms with Crippen LogP contribution in [0.2, 0.25) is 0 Å². The van der Waals surface area contributed by atoms with Crippen LogP contribution in [0.3, 0.4) is 0 Å². The molecule has 4 aliphatic carbocycles. The van der Waals surface area contributed by atoms with Gasteiger partial charge < -0.3 is 5.73 Å². The summed E-state index contributed by atoms with van der Waals surface area (Å²) in [5, 5.41) is 0. The molecule has 0 aliphatic heterocycles. The van der Waals surface area contributed by atoms with E-state index in [9.17, 15) is 0 Å². The average molecular weight is 151 g/mol. The Balaban J connectivity index is 1.72. The van der Waals surface area contributed by atoms with Gasteiger partial charge in [0.2, 0.25) is 0 Å². The summed E-state index contributed by atoms with van der Waals surface area (Å²) in [6, 6.07) is 0. The van der Waals surface area contributed by atoms with E-state index in [1.165, 1.54) is 44.9 Å². The standard InChI is InChI=1S/C10H17N/c11-10-5-9(6-10,7-10)8-3-1-2-4-8/h8H,1-7,11H2. The van der Waals surface area contributed by atoms with E-state index >= 15 is 0 Å².